The Hall–Kier alpha value is -1.62. The van der Waals surface area contributed by atoms with Gasteiger partial charge in [-0.1, -0.05) is 12.1 Å². The van der Waals surface area contributed by atoms with Crippen molar-refractivity contribution in [1.82, 2.24) is 0 Å². The van der Waals surface area contributed by atoms with E-state index >= 15 is 0 Å². The number of carbonyl (C=O) groups is 1. The molecule has 1 aromatic rings. The van der Waals surface area contributed by atoms with Gasteiger partial charge in [-0.2, -0.15) is 0 Å². The Labute approximate surface area is 110 Å². The normalized spacial score (nSPS) is 10.1. The van der Waals surface area contributed by atoms with Gasteiger partial charge in [0.05, 0.1) is 11.5 Å². The molecule has 0 bridgehead atoms. The molecule has 5 nitrogen and oxygen atoms in total. The summed E-state index contributed by atoms with van der Waals surface area (Å²) in [6, 6.07) is 4.65. The van der Waals surface area contributed by atoms with Crippen LogP contribution in [-0.4, -0.2) is 23.4 Å². The average molecular weight is 272 g/mol. The Kier molecular flexibility index (Phi) is 5.58. The minimum absolute atomic E-state index is 0.00563. The molecule has 0 radical (unpaired) electrons. The van der Waals surface area contributed by atoms with E-state index in [2.05, 4.69) is 0 Å². The van der Waals surface area contributed by atoms with Crippen molar-refractivity contribution in [3.05, 3.63) is 39.4 Å². The van der Waals surface area contributed by atoms with Gasteiger partial charge in [0.2, 0.25) is 0 Å². The van der Waals surface area contributed by atoms with Gasteiger partial charge in [-0.3, -0.25) is 10.1 Å². The smallest absolute Gasteiger partial charge is 0.345 e. The van der Waals surface area contributed by atoms with Crippen molar-refractivity contribution in [2.24, 2.45) is 0 Å². The molecule has 0 aliphatic rings. The van der Waals surface area contributed by atoms with Gasteiger partial charge in [-0.25, -0.2) is 4.79 Å². The van der Waals surface area contributed by atoms with Crippen molar-refractivity contribution in [2.75, 3.05) is 12.5 Å². The average Bonchev–Trinajstić information content (AvgIpc) is 2.35. The van der Waals surface area contributed by atoms with Gasteiger partial charge in [-0.05, 0) is 25.8 Å². The lowest BCUT2D eigenvalue weighted by Crippen LogP contribution is -2.10. The molecular formula is C12H14ClNO4. The summed E-state index contributed by atoms with van der Waals surface area (Å²) in [6.45, 7) is 1.84. The van der Waals surface area contributed by atoms with Crippen LogP contribution in [0, 0.1) is 10.1 Å². The molecule has 0 spiro atoms. The van der Waals surface area contributed by atoms with Gasteiger partial charge in [0.1, 0.15) is 5.56 Å². The first-order chi connectivity index (χ1) is 8.61. The third kappa shape index (κ3) is 3.43. The van der Waals surface area contributed by atoms with E-state index in [1.165, 1.54) is 6.07 Å². The Morgan fingerprint density at radius 3 is 2.78 bits per heavy atom. The van der Waals surface area contributed by atoms with Gasteiger partial charge in [0, 0.05) is 11.4 Å². The molecule has 0 heterocycles. The van der Waals surface area contributed by atoms with E-state index in [1.54, 1.807) is 19.1 Å². The molecule has 0 N–H and O–H groups in total. The Morgan fingerprint density at radius 2 is 2.22 bits per heavy atom. The van der Waals surface area contributed by atoms with E-state index in [4.69, 9.17) is 16.3 Å². The minimum atomic E-state index is -0.670. The maximum atomic E-state index is 11.6. The largest absolute Gasteiger partial charge is 0.462 e. The van der Waals surface area contributed by atoms with Crippen LogP contribution < -0.4 is 0 Å². The maximum absolute atomic E-state index is 11.6. The minimum Gasteiger partial charge on any atom is -0.462 e. The summed E-state index contributed by atoms with van der Waals surface area (Å²) in [6.07, 6.45) is 1.09. The van der Waals surface area contributed by atoms with Gasteiger partial charge in [0.25, 0.3) is 5.69 Å². The van der Waals surface area contributed by atoms with Crippen LogP contribution in [0.1, 0.15) is 29.3 Å². The summed E-state index contributed by atoms with van der Waals surface area (Å²) in [5.74, 6) is -0.252. The van der Waals surface area contributed by atoms with Gasteiger partial charge in [0.15, 0.2) is 0 Å². The molecule has 0 amide bonds. The van der Waals surface area contributed by atoms with E-state index in [0.717, 1.165) is 0 Å². The molecule has 0 aliphatic carbocycles. The van der Waals surface area contributed by atoms with Crippen molar-refractivity contribution in [2.45, 2.75) is 19.8 Å². The summed E-state index contributed by atoms with van der Waals surface area (Å²) >= 11 is 5.57. The molecule has 1 rings (SSSR count). The molecule has 0 aliphatic heterocycles. The zero-order valence-electron chi connectivity index (χ0n) is 10.0. The first kappa shape index (κ1) is 14.4. The number of para-hydroxylation sites is 1. The highest BCUT2D eigenvalue weighted by molar-refractivity contribution is 6.17. The highest BCUT2D eigenvalue weighted by Gasteiger charge is 2.24. The molecule has 18 heavy (non-hydrogen) atoms. The number of rotatable bonds is 6. The number of ether oxygens (including phenoxy) is 1. The number of carbonyl (C=O) groups excluding carboxylic acids is 1. The molecule has 0 atom stereocenters. The first-order valence-electron chi connectivity index (χ1n) is 5.61. The van der Waals surface area contributed by atoms with Crippen molar-refractivity contribution in [1.29, 1.82) is 0 Å². The lowest BCUT2D eigenvalue weighted by Gasteiger charge is -2.06. The second kappa shape index (κ2) is 6.96. The monoisotopic (exact) mass is 271 g/mol. The lowest BCUT2D eigenvalue weighted by atomic mass is 10.0. The van der Waals surface area contributed by atoms with E-state index in [9.17, 15) is 14.9 Å². The van der Waals surface area contributed by atoms with Crippen LogP contribution in [0.25, 0.3) is 0 Å². The molecule has 6 heteroatoms. The standard InChI is InChI=1S/C12H14ClNO4/c1-2-18-12(15)10-7-3-5-9(6-4-8-13)11(10)14(16)17/h3,5,7H,2,4,6,8H2,1H3. The number of benzene rings is 1. The Morgan fingerprint density at radius 1 is 1.50 bits per heavy atom. The van der Waals surface area contributed by atoms with E-state index in [1.807, 2.05) is 0 Å². The lowest BCUT2D eigenvalue weighted by molar-refractivity contribution is -0.385. The molecule has 1 aromatic carbocycles. The summed E-state index contributed by atoms with van der Waals surface area (Å²) in [7, 11) is 0. The molecule has 0 saturated carbocycles. The Balaban J connectivity index is 3.17. The predicted molar refractivity (Wildman–Crippen MR) is 68.1 cm³/mol. The number of nitrogens with zero attached hydrogens (tertiary/aromatic N) is 1. The maximum Gasteiger partial charge on any atom is 0.345 e. The number of alkyl halides is 1. The summed E-state index contributed by atoms with van der Waals surface area (Å²) in [4.78, 5) is 22.2. The van der Waals surface area contributed by atoms with Crippen LogP contribution in [0.4, 0.5) is 5.69 Å². The van der Waals surface area contributed by atoms with Crippen molar-refractivity contribution in [3.8, 4) is 0 Å². The molecule has 0 unspecified atom stereocenters. The highest BCUT2D eigenvalue weighted by atomic mass is 35.5. The number of nitro groups is 1. The third-order valence-corrected chi connectivity index (χ3v) is 2.64. The number of nitro benzene ring substituents is 1. The predicted octanol–water partition coefficient (Wildman–Crippen LogP) is 2.94. The van der Waals surface area contributed by atoms with Crippen LogP contribution in [0.2, 0.25) is 0 Å². The van der Waals surface area contributed by atoms with E-state index < -0.39 is 10.9 Å². The first-order valence-corrected chi connectivity index (χ1v) is 6.14. The number of hydrogen-bond acceptors (Lipinski definition) is 4. The SMILES string of the molecule is CCOC(=O)c1cccc(CCCCl)c1[N+](=O)[O-]. The van der Waals surface area contributed by atoms with Crippen molar-refractivity contribution in [3.63, 3.8) is 0 Å². The number of aryl methyl sites for hydroxylation is 1. The van der Waals surface area contributed by atoms with Crippen LogP contribution >= 0.6 is 11.6 Å². The number of hydrogen-bond donors (Lipinski definition) is 0. The molecule has 0 aromatic heterocycles. The number of esters is 1. The van der Waals surface area contributed by atoms with Gasteiger partial charge < -0.3 is 4.74 Å². The van der Waals surface area contributed by atoms with Crippen molar-refractivity contribution < 1.29 is 14.5 Å². The van der Waals surface area contributed by atoms with Crippen LogP contribution in [0.5, 0.6) is 0 Å². The summed E-state index contributed by atoms with van der Waals surface area (Å²) in [5.41, 5.74) is 0.321. The highest BCUT2D eigenvalue weighted by Crippen LogP contribution is 2.25. The summed E-state index contributed by atoms with van der Waals surface area (Å²) < 4.78 is 4.81. The summed E-state index contributed by atoms with van der Waals surface area (Å²) in [5, 5.41) is 11.1. The zero-order chi connectivity index (χ0) is 13.5. The fraction of sp³-hybridized carbons (Fsp3) is 0.417. The zero-order valence-corrected chi connectivity index (χ0v) is 10.8. The fourth-order valence-electron chi connectivity index (χ4n) is 1.64. The quantitative estimate of drug-likeness (QED) is 0.345. The molecule has 0 fully saturated rings. The molecular weight excluding hydrogens is 258 g/mol. The third-order valence-electron chi connectivity index (χ3n) is 2.38. The number of halogens is 1. The second-order valence-corrected chi connectivity index (χ2v) is 3.96. The molecule has 0 saturated heterocycles. The van der Waals surface area contributed by atoms with Gasteiger partial charge in [-0.15, -0.1) is 11.6 Å². The second-order valence-electron chi connectivity index (χ2n) is 3.58. The molecule has 98 valence electrons. The van der Waals surface area contributed by atoms with Crippen LogP contribution in [0.15, 0.2) is 18.2 Å². The topological polar surface area (TPSA) is 69.4 Å². The van der Waals surface area contributed by atoms with Crippen molar-refractivity contribution >= 4 is 23.3 Å². The van der Waals surface area contributed by atoms with E-state index in [-0.39, 0.29) is 17.9 Å². The van der Waals surface area contributed by atoms with Gasteiger partial charge >= 0.3 is 5.97 Å². The Bertz CT molecular complexity index is 448. The van der Waals surface area contributed by atoms with Crippen LogP contribution in [0.3, 0.4) is 0 Å². The fourth-order valence-corrected chi connectivity index (χ4v) is 1.77. The van der Waals surface area contributed by atoms with Crippen LogP contribution in [-0.2, 0) is 11.2 Å². The van der Waals surface area contributed by atoms with E-state index in [0.29, 0.717) is 24.3 Å².